The Morgan fingerprint density at radius 3 is 2.35 bits per heavy atom. The van der Waals surface area contributed by atoms with Crippen LogP contribution in [0, 0.1) is 0 Å². The topological polar surface area (TPSA) is 86.0 Å². The van der Waals surface area contributed by atoms with E-state index in [1.807, 2.05) is 0 Å². The molecule has 1 atom stereocenters. The number of nitrogens with one attached hydrogen (secondary N) is 1. The van der Waals surface area contributed by atoms with Crippen molar-refractivity contribution in [2.24, 2.45) is 0 Å². The fraction of sp³-hybridized carbons (Fsp3) is 0.385. The number of nitrogens with zero attached hydrogens (tertiary/aromatic N) is 3. The normalized spacial score (nSPS) is 16.4. The number of Topliss-reactive ketones (excluding diaryl/α,β-unsaturated/α-hetero) is 1. The minimum Gasteiger partial charge on any atom is -0.353 e. The molecule has 1 unspecified atom stereocenters. The van der Waals surface area contributed by atoms with E-state index >= 15 is 0 Å². The lowest BCUT2D eigenvalue weighted by Crippen LogP contribution is -2.34. The third kappa shape index (κ3) is 5.64. The van der Waals surface area contributed by atoms with E-state index in [-0.39, 0.29) is 17.6 Å². The zero-order chi connectivity index (χ0) is 26.3. The summed E-state index contributed by atoms with van der Waals surface area (Å²) < 4.78 is 43.7. The summed E-state index contributed by atoms with van der Waals surface area (Å²) in [7, 11) is 0. The first kappa shape index (κ1) is 25.3. The highest BCUT2D eigenvalue weighted by atomic mass is 35.5. The first-order valence-electron chi connectivity index (χ1n) is 12.1. The Morgan fingerprint density at radius 2 is 1.73 bits per heavy atom. The van der Waals surface area contributed by atoms with Gasteiger partial charge in [0.15, 0.2) is 11.6 Å². The minimum absolute atomic E-state index is 0.0299. The summed E-state index contributed by atoms with van der Waals surface area (Å²) in [5, 5.41) is 7.61. The molecule has 7 nitrogen and oxygen atoms in total. The Bertz CT molecular complexity index is 1390. The molecule has 0 bridgehead atoms. The van der Waals surface area contributed by atoms with Gasteiger partial charge in [-0.05, 0) is 61.6 Å². The van der Waals surface area contributed by atoms with Crippen molar-refractivity contribution in [2.45, 2.75) is 62.8 Å². The van der Waals surface area contributed by atoms with Crippen LogP contribution in [0.3, 0.4) is 0 Å². The van der Waals surface area contributed by atoms with Crippen LogP contribution in [-0.4, -0.2) is 32.1 Å². The summed E-state index contributed by atoms with van der Waals surface area (Å²) >= 11 is 5.98. The number of hydrogen-bond acceptors (Lipinski definition) is 4. The van der Waals surface area contributed by atoms with Gasteiger partial charge in [-0.2, -0.15) is 13.2 Å². The molecule has 5 rings (SSSR count). The highest BCUT2D eigenvalue weighted by Gasteiger charge is 2.39. The third-order valence-corrected chi connectivity index (χ3v) is 6.78. The van der Waals surface area contributed by atoms with E-state index in [0.717, 1.165) is 36.4 Å². The molecule has 0 spiro atoms. The van der Waals surface area contributed by atoms with Crippen LogP contribution in [0.15, 0.2) is 53.3 Å². The smallest absolute Gasteiger partial charge is 0.353 e. The number of carbonyl (C=O) groups is 2. The van der Waals surface area contributed by atoms with E-state index in [4.69, 9.17) is 11.6 Å². The van der Waals surface area contributed by atoms with Gasteiger partial charge in [0.1, 0.15) is 6.54 Å². The van der Waals surface area contributed by atoms with Crippen molar-refractivity contribution in [3.8, 4) is 11.4 Å². The summed E-state index contributed by atoms with van der Waals surface area (Å²) in [5.41, 5.74) is -1.05. The van der Waals surface area contributed by atoms with E-state index in [2.05, 4.69) is 10.4 Å². The van der Waals surface area contributed by atoms with Crippen molar-refractivity contribution >= 4 is 23.3 Å². The summed E-state index contributed by atoms with van der Waals surface area (Å²) in [4.78, 5) is 39.2. The molecule has 2 aromatic carbocycles. The number of rotatable bonds is 9. The summed E-state index contributed by atoms with van der Waals surface area (Å²) in [6.07, 6.45) is -2.09. The molecule has 37 heavy (non-hydrogen) atoms. The van der Waals surface area contributed by atoms with Gasteiger partial charge >= 0.3 is 11.9 Å². The highest BCUT2D eigenvalue weighted by molar-refractivity contribution is 6.30. The van der Waals surface area contributed by atoms with E-state index in [1.165, 1.54) is 22.8 Å². The average Bonchev–Trinajstić information content (AvgIpc) is 3.78. The Balaban J connectivity index is 1.43. The van der Waals surface area contributed by atoms with E-state index in [0.29, 0.717) is 16.4 Å². The molecule has 2 saturated carbocycles. The molecule has 2 fully saturated rings. The standard InChI is InChI=1S/C26H24ClF3N4O3/c27-16-7-5-15(6-8-16)23-32-33(25(37)34(23)18-11-12-18)14-19(35)13-21(24(36)31-17-9-10-17)20-3-1-2-4-22(20)26(28,29)30/h1-8,17-18,21H,9-14H2,(H,31,36). The maximum absolute atomic E-state index is 13.7. The summed E-state index contributed by atoms with van der Waals surface area (Å²) in [6.45, 7) is -0.458. The molecular formula is C26H24ClF3N4O3. The SMILES string of the molecule is O=C(CC(C(=O)NC1CC1)c1ccccc1C(F)(F)F)Cn1nc(-c2ccc(Cl)cc2)n(C2CC2)c1=O. The molecule has 0 radical (unpaired) electrons. The number of aromatic nitrogens is 3. The number of halogens is 4. The van der Waals surface area contributed by atoms with Crippen LogP contribution >= 0.6 is 11.6 Å². The predicted molar refractivity (Wildman–Crippen MR) is 130 cm³/mol. The van der Waals surface area contributed by atoms with Crippen molar-refractivity contribution in [3.63, 3.8) is 0 Å². The molecule has 3 aromatic rings. The van der Waals surface area contributed by atoms with Crippen LogP contribution in [0.4, 0.5) is 13.2 Å². The lowest BCUT2D eigenvalue weighted by molar-refractivity contribution is -0.139. The maximum Gasteiger partial charge on any atom is 0.416 e. The van der Waals surface area contributed by atoms with Crippen LogP contribution in [0.5, 0.6) is 0 Å². The Hall–Kier alpha value is -3.40. The molecule has 1 heterocycles. The summed E-state index contributed by atoms with van der Waals surface area (Å²) in [6, 6.07) is 11.4. The zero-order valence-electron chi connectivity index (χ0n) is 19.7. The fourth-order valence-electron chi connectivity index (χ4n) is 4.37. The number of ketones is 1. The van der Waals surface area contributed by atoms with Crippen LogP contribution < -0.4 is 11.0 Å². The van der Waals surface area contributed by atoms with Gasteiger partial charge in [-0.25, -0.2) is 9.48 Å². The van der Waals surface area contributed by atoms with Gasteiger partial charge in [-0.1, -0.05) is 29.8 Å². The van der Waals surface area contributed by atoms with Crippen LogP contribution in [0.1, 0.15) is 55.2 Å². The lowest BCUT2D eigenvalue weighted by atomic mass is 9.88. The van der Waals surface area contributed by atoms with Crippen LogP contribution in [0.2, 0.25) is 5.02 Å². The highest BCUT2D eigenvalue weighted by Crippen LogP contribution is 2.38. The third-order valence-electron chi connectivity index (χ3n) is 6.52. The largest absolute Gasteiger partial charge is 0.416 e. The predicted octanol–water partition coefficient (Wildman–Crippen LogP) is 4.74. The molecule has 1 N–H and O–H groups in total. The molecule has 11 heteroatoms. The Morgan fingerprint density at radius 1 is 1.05 bits per heavy atom. The van der Waals surface area contributed by atoms with E-state index in [9.17, 15) is 27.6 Å². The minimum atomic E-state index is -4.69. The summed E-state index contributed by atoms with van der Waals surface area (Å²) in [5.74, 6) is -2.16. The number of alkyl halides is 3. The second-order valence-electron chi connectivity index (χ2n) is 9.54. The second-order valence-corrected chi connectivity index (χ2v) is 9.97. The molecule has 0 aliphatic heterocycles. The van der Waals surface area contributed by atoms with Gasteiger partial charge in [0, 0.05) is 29.1 Å². The van der Waals surface area contributed by atoms with Gasteiger partial charge in [0.25, 0.3) is 0 Å². The maximum atomic E-state index is 13.7. The Labute approximate surface area is 215 Å². The molecule has 1 amide bonds. The monoisotopic (exact) mass is 532 g/mol. The van der Waals surface area contributed by atoms with Gasteiger partial charge in [0.05, 0.1) is 11.5 Å². The van der Waals surface area contributed by atoms with Crippen molar-refractivity contribution in [2.75, 3.05) is 0 Å². The Kier molecular flexibility index (Phi) is 6.70. The van der Waals surface area contributed by atoms with Crippen molar-refractivity contribution in [1.29, 1.82) is 0 Å². The lowest BCUT2D eigenvalue weighted by Gasteiger charge is -2.21. The number of hydrogen-bond donors (Lipinski definition) is 1. The quantitative estimate of drug-likeness (QED) is 0.431. The fourth-order valence-corrected chi connectivity index (χ4v) is 4.50. The molecule has 194 valence electrons. The molecular weight excluding hydrogens is 509 g/mol. The molecule has 1 aromatic heterocycles. The van der Waals surface area contributed by atoms with Gasteiger partial charge in [0.2, 0.25) is 5.91 Å². The number of amides is 1. The van der Waals surface area contributed by atoms with E-state index < -0.39 is 48.0 Å². The average molecular weight is 533 g/mol. The number of benzene rings is 2. The molecule has 2 aliphatic carbocycles. The van der Waals surface area contributed by atoms with E-state index in [1.54, 1.807) is 24.3 Å². The van der Waals surface area contributed by atoms with Crippen LogP contribution in [-0.2, 0) is 22.3 Å². The first-order chi connectivity index (χ1) is 17.6. The first-order valence-corrected chi connectivity index (χ1v) is 12.4. The van der Waals surface area contributed by atoms with Gasteiger partial charge in [-0.15, -0.1) is 5.10 Å². The zero-order valence-corrected chi connectivity index (χ0v) is 20.4. The van der Waals surface area contributed by atoms with Crippen molar-refractivity contribution in [1.82, 2.24) is 19.7 Å². The second kappa shape index (κ2) is 9.81. The molecule has 2 aliphatic rings. The number of carbonyl (C=O) groups excluding carboxylic acids is 2. The van der Waals surface area contributed by atoms with Crippen LogP contribution in [0.25, 0.3) is 11.4 Å². The van der Waals surface area contributed by atoms with Gasteiger partial charge in [-0.3, -0.25) is 14.2 Å². The van der Waals surface area contributed by atoms with Crippen molar-refractivity contribution < 1.29 is 22.8 Å². The molecule has 0 saturated heterocycles. The van der Waals surface area contributed by atoms with Crippen molar-refractivity contribution in [3.05, 3.63) is 75.2 Å². The van der Waals surface area contributed by atoms with Gasteiger partial charge < -0.3 is 5.32 Å².